The third kappa shape index (κ3) is 4.02. The highest BCUT2D eigenvalue weighted by molar-refractivity contribution is 7.87. The highest BCUT2D eigenvalue weighted by atomic mass is 32.2. The van der Waals surface area contributed by atoms with Crippen LogP contribution in [0.2, 0.25) is 0 Å². The minimum Gasteiger partial charge on any atom is -0.330 e. The molecule has 0 radical (unpaired) electrons. The van der Waals surface area contributed by atoms with Gasteiger partial charge in [-0.15, -0.1) is 0 Å². The molecule has 114 valence electrons. The molecule has 2 heterocycles. The Bertz CT molecular complexity index is 494. The Morgan fingerprint density at radius 3 is 2.70 bits per heavy atom. The molecule has 1 atom stereocenters. The van der Waals surface area contributed by atoms with Crippen LogP contribution in [-0.4, -0.2) is 48.2 Å². The average Bonchev–Trinajstić information content (AvgIpc) is 2.91. The normalized spacial score (nSPS) is 20.1. The lowest BCUT2D eigenvalue weighted by molar-refractivity contribution is 0.274. The first-order chi connectivity index (χ1) is 9.51. The van der Waals surface area contributed by atoms with Crippen molar-refractivity contribution in [3.8, 4) is 0 Å². The van der Waals surface area contributed by atoms with Gasteiger partial charge < -0.3 is 5.73 Å². The zero-order chi connectivity index (χ0) is 14.6. The molecule has 1 aromatic rings. The topological polar surface area (TPSA) is 93.2 Å². The molecule has 20 heavy (non-hydrogen) atoms. The first-order valence-electron chi connectivity index (χ1n) is 6.96. The van der Waals surface area contributed by atoms with E-state index in [0.29, 0.717) is 32.1 Å². The summed E-state index contributed by atoms with van der Waals surface area (Å²) in [5, 5.41) is 4.07. The van der Waals surface area contributed by atoms with Gasteiger partial charge in [0.05, 0.1) is 6.54 Å². The van der Waals surface area contributed by atoms with Gasteiger partial charge in [-0.2, -0.15) is 22.5 Å². The van der Waals surface area contributed by atoms with Crippen LogP contribution in [0.5, 0.6) is 0 Å². The number of nitrogens with zero attached hydrogens (tertiary/aromatic N) is 3. The minimum absolute atomic E-state index is 0.202. The fourth-order valence-corrected chi connectivity index (χ4v) is 3.86. The van der Waals surface area contributed by atoms with Crippen molar-refractivity contribution in [3.63, 3.8) is 0 Å². The summed E-state index contributed by atoms with van der Waals surface area (Å²) >= 11 is 0. The van der Waals surface area contributed by atoms with Gasteiger partial charge in [0.2, 0.25) is 0 Å². The molecule has 2 rings (SSSR count). The van der Waals surface area contributed by atoms with E-state index in [9.17, 15) is 8.42 Å². The second-order valence-electron chi connectivity index (χ2n) is 5.33. The van der Waals surface area contributed by atoms with Crippen LogP contribution >= 0.6 is 0 Å². The molecule has 0 aromatic carbocycles. The van der Waals surface area contributed by atoms with E-state index in [-0.39, 0.29) is 6.04 Å². The van der Waals surface area contributed by atoms with Crippen LogP contribution in [0.4, 0.5) is 0 Å². The molecule has 1 saturated heterocycles. The molecule has 1 aliphatic rings. The maximum Gasteiger partial charge on any atom is 0.279 e. The van der Waals surface area contributed by atoms with Crippen molar-refractivity contribution in [1.29, 1.82) is 0 Å². The number of hydrogen-bond acceptors (Lipinski definition) is 4. The van der Waals surface area contributed by atoms with E-state index in [1.807, 2.05) is 19.2 Å². The molecule has 0 amide bonds. The molecule has 0 bridgehead atoms. The van der Waals surface area contributed by atoms with E-state index in [4.69, 9.17) is 5.73 Å². The van der Waals surface area contributed by atoms with Crippen molar-refractivity contribution in [2.75, 3.05) is 19.6 Å². The van der Waals surface area contributed by atoms with Crippen LogP contribution in [0.3, 0.4) is 0 Å². The van der Waals surface area contributed by atoms with Gasteiger partial charge in [0.25, 0.3) is 10.2 Å². The second kappa shape index (κ2) is 6.66. The van der Waals surface area contributed by atoms with Gasteiger partial charge in [0, 0.05) is 31.5 Å². The number of nitrogens with one attached hydrogen (secondary N) is 1. The first-order valence-corrected chi connectivity index (χ1v) is 8.40. The third-order valence-corrected chi connectivity index (χ3v) is 5.36. The van der Waals surface area contributed by atoms with Crippen molar-refractivity contribution in [2.24, 2.45) is 11.7 Å². The van der Waals surface area contributed by atoms with E-state index in [1.54, 1.807) is 10.9 Å². The van der Waals surface area contributed by atoms with Crippen LogP contribution in [0.1, 0.15) is 19.8 Å². The van der Waals surface area contributed by atoms with Crippen LogP contribution in [0, 0.1) is 5.92 Å². The smallest absolute Gasteiger partial charge is 0.279 e. The van der Waals surface area contributed by atoms with Gasteiger partial charge in [0.15, 0.2) is 0 Å². The van der Waals surface area contributed by atoms with Gasteiger partial charge >= 0.3 is 0 Å². The monoisotopic (exact) mass is 301 g/mol. The molecule has 1 aliphatic heterocycles. The Morgan fingerprint density at radius 2 is 2.15 bits per heavy atom. The SMILES string of the molecule is CC(Cn1cccn1)NS(=O)(=O)N1CCC(CN)CC1. The van der Waals surface area contributed by atoms with E-state index >= 15 is 0 Å². The number of aromatic nitrogens is 2. The Kier molecular flexibility index (Phi) is 5.14. The molecule has 8 heteroatoms. The standard InChI is InChI=1S/C12H23N5O2S/c1-11(10-16-6-2-5-14-16)15-20(18,19)17-7-3-12(9-13)4-8-17/h2,5-6,11-12,15H,3-4,7-10,13H2,1H3. The largest absolute Gasteiger partial charge is 0.330 e. The Labute approximate surface area is 120 Å². The molecule has 7 nitrogen and oxygen atoms in total. The van der Waals surface area contributed by atoms with Gasteiger partial charge in [-0.05, 0) is 38.3 Å². The molecule has 1 aromatic heterocycles. The van der Waals surface area contributed by atoms with Crippen molar-refractivity contribution in [1.82, 2.24) is 18.8 Å². The Hall–Kier alpha value is -0.960. The zero-order valence-electron chi connectivity index (χ0n) is 11.8. The Morgan fingerprint density at radius 1 is 1.45 bits per heavy atom. The molecular formula is C12H23N5O2S. The molecular weight excluding hydrogens is 278 g/mol. The van der Waals surface area contributed by atoms with Gasteiger partial charge in [-0.1, -0.05) is 0 Å². The third-order valence-electron chi connectivity index (χ3n) is 3.62. The summed E-state index contributed by atoms with van der Waals surface area (Å²) in [7, 11) is -3.42. The summed E-state index contributed by atoms with van der Waals surface area (Å²) < 4.78 is 30.5. The van der Waals surface area contributed by atoms with Crippen molar-refractivity contribution in [2.45, 2.75) is 32.4 Å². The second-order valence-corrected chi connectivity index (χ2v) is 7.03. The molecule has 0 saturated carbocycles. The molecule has 0 aliphatic carbocycles. The highest BCUT2D eigenvalue weighted by Crippen LogP contribution is 2.18. The highest BCUT2D eigenvalue weighted by Gasteiger charge is 2.28. The number of rotatable bonds is 6. The van der Waals surface area contributed by atoms with Gasteiger partial charge in [0.1, 0.15) is 0 Å². The van der Waals surface area contributed by atoms with E-state index in [0.717, 1.165) is 12.8 Å². The maximum atomic E-state index is 12.3. The van der Waals surface area contributed by atoms with Crippen LogP contribution in [0.15, 0.2) is 18.5 Å². The first kappa shape index (κ1) is 15.4. The summed E-state index contributed by atoms with van der Waals surface area (Å²) in [6.07, 6.45) is 5.17. The quantitative estimate of drug-likeness (QED) is 0.759. The lowest BCUT2D eigenvalue weighted by Gasteiger charge is -2.31. The maximum absolute atomic E-state index is 12.3. The lowest BCUT2D eigenvalue weighted by Crippen LogP contribution is -2.49. The van der Waals surface area contributed by atoms with E-state index < -0.39 is 10.2 Å². The van der Waals surface area contributed by atoms with Crippen molar-refractivity contribution in [3.05, 3.63) is 18.5 Å². The summed E-state index contributed by atoms with van der Waals surface area (Å²) in [5.74, 6) is 0.447. The molecule has 1 fully saturated rings. The molecule has 0 spiro atoms. The minimum atomic E-state index is -3.42. The number of nitrogens with two attached hydrogens (primary N) is 1. The van der Waals surface area contributed by atoms with Gasteiger partial charge in [-0.25, -0.2) is 0 Å². The summed E-state index contributed by atoms with van der Waals surface area (Å²) in [6.45, 7) is 4.09. The fraction of sp³-hybridized carbons (Fsp3) is 0.750. The molecule has 1 unspecified atom stereocenters. The van der Waals surface area contributed by atoms with E-state index in [2.05, 4.69) is 9.82 Å². The molecule has 3 N–H and O–H groups in total. The Balaban J connectivity index is 1.87. The fourth-order valence-electron chi connectivity index (χ4n) is 2.44. The summed E-state index contributed by atoms with van der Waals surface area (Å²) in [4.78, 5) is 0. The van der Waals surface area contributed by atoms with Gasteiger partial charge in [-0.3, -0.25) is 4.68 Å². The summed E-state index contributed by atoms with van der Waals surface area (Å²) in [5.41, 5.74) is 5.62. The predicted octanol–water partition coefficient (Wildman–Crippen LogP) is -0.223. The van der Waals surface area contributed by atoms with Crippen molar-refractivity contribution < 1.29 is 8.42 Å². The summed E-state index contributed by atoms with van der Waals surface area (Å²) in [6, 6.07) is 1.62. The lowest BCUT2D eigenvalue weighted by atomic mass is 9.99. The predicted molar refractivity (Wildman–Crippen MR) is 77.1 cm³/mol. The van der Waals surface area contributed by atoms with Crippen LogP contribution < -0.4 is 10.5 Å². The van der Waals surface area contributed by atoms with Crippen LogP contribution in [-0.2, 0) is 16.8 Å². The number of piperidine rings is 1. The zero-order valence-corrected chi connectivity index (χ0v) is 12.6. The average molecular weight is 301 g/mol. The number of hydrogen-bond donors (Lipinski definition) is 2. The van der Waals surface area contributed by atoms with Crippen molar-refractivity contribution >= 4 is 10.2 Å². The van der Waals surface area contributed by atoms with E-state index in [1.165, 1.54) is 4.31 Å². The van der Waals surface area contributed by atoms with Crippen LogP contribution in [0.25, 0.3) is 0 Å².